The third-order valence-corrected chi connectivity index (χ3v) is 5.02. The van der Waals surface area contributed by atoms with Crippen LogP contribution in [0.25, 0.3) is 10.9 Å². The quantitative estimate of drug-likeness (QED) is 0.780. The summed E-state index contributed by atoms with van der Waals surface area (Å²) in [7, 11) is 1.94. The molecule has 2 aromatic carbocycles. The minimum absolute atomic E-state index is 0.0266. The molecule has 1 aliphatic rings. The second kappa shape index (κ2) is 5.80. The van der Waals surface area contributed by atoms with E-state index in [9.17, 15) is 4.79 Å². The van der Waals surface area contributed by atoms with E-state index in [1.54, 1.807) is 0 Å². The number of rotatable bonds is 3. The molecule has 4 heteroatoms. The van der Waals surface area contributed by atoms with Gasteiger partial charge in [0.1, 0.15) is 5.69 Å². The second-order valence-corrected chi connectivity index (χ2v) is 6.48. The number of hydrogen-bond donors (Lipinski definition) is 2. The first kappa shape index (κ1) is 15.0. The van der Waals surface area contributed by atoms with Gasteiger partial charge in [0.05, 0.1) is 5.54 Å². The van der Waals surface area contributed by atoms with Gasteiger partial charge in [-0.05, 0) is 30.7 Å². The Labute approximate surface area is 141 Å². The van der Waals surface area contributed by atoms with Gasteiger partial charge in [-0.25, -0.2) is 0 Å². The van der Waals surface area contributed by atoms with Gasteiger partial charge in [-0.3, -0.25) is 4.79 Å². The summed E-state index contributed by atoms with van der Waals surface area (Å²) in [6.45, 7) is 1.66. The molecule has 24 heavy (non-hydrogen) atoms. The average molecular weight is 319 g/mol. The summed E-state index contributed by atoms with van der Waals surface area (Å²) in [6.07, 6.45) is 0.896. The maximum atomic E-state index is 13.0. The van der Waals surface area contributed by atoms with Crippen LogP contribution in [0.15, 0.2) is 60.7 Å². The number of carbonyl (C=O) groups is 1. The number of fused-ring (bicyclic) bond motifs is 1. The monoisotopic (exact) mass is 319 g/mol. The molecule has 1 saturated heterocycles. The van der Waals surface area contributed by atoms with Crippen molar-refractivity contribution in [2.75, 3.05) is 13.1 Å². The van der Waals surface area contributed by atoms with Gasteiger partial charge in [-0.1, -0.05) is 48.5 Å². The summed E-state index contributed by atoms with van der Waals surface area (Å²) in [4.78, 5) is 13.0. The van der Waals surface area contributed by atoms with E-state index in [2.05, 4.69) is 22.8 Å². The molecule has 2 N–H and O–H groups in total. The summed E-state index contributed by atoms with van der Waals surface area (Å²) in [5.74, 6) is -0.0266. The maximum Gasteiger partial charge on any atom is 0.268 e. The predicted molar refractivity (Wildman–Crippen MR) is 96.0 cm³/mol. The lowest BCUT2D eigenvalue weighted by Crippen LogP contribution is -2.47. The third-order valence-electron chi connectivity index (χ3n) is 5.02. The van der Waals surface area contributed by atoms with Crippen LogP contribution < -0.4 is 10.6 Å². The summed E-state index contributed by atoms with van der Waals surface area (Å²) >= 11 is 0. The number of nitrogens with zero attached hydrogens (tertiary/aromatic N) is 1. The van der Waals surface area contributed by atoms with Crippen LogP contribution in [0.3, 0.4) is 0 Å². The van der Waals surface area contributed by atoms with Crippen LogP contribution in [0.5, 0.6) is 0 Å². The topological polar surface area (TPSA) is 46.1 Å². The fraction of sp³-hybridized carbons (Fsp3) is 0.250. The van der Waals surface area contributed by atoms with Crippen molar-refractivity contribution in [3.8, 4) is 0 Å². The molecule has 4 rings (SSSR count). The van der Waals surface area contributed by atoms with Crippen LogP contribution in [-0.2, 0) is 12.6 Å². The SMILES string of the molecule is Cn1c(C(=O)NC2(c3ccccc3)CCNC2)cc2ccccc21. The highest BCUT2D eigenvalue weighted by molar-refractivity contribution is 5.99. The molecule has 1 aromatic heterocycles. The van der Waals surface area contributed by atoms with E-state index >= 15 is 0 Å². The van der Waals surface area contributed by atoms with Crippen LogP contribution in [0.2, 0.25) is 0 Å². The largest absolute Gasteiger partial charge is 0.340 e. The van der Waals surface area contributed by atoms with Crippen LogP contribution >= 0.6 is 0 Å². The minimum Gasteiger partial charge on any atom is -0.340 e. The lowest BCUT2D eigenvalue weighted by Gasteiger charge is -2.30. The van der Waals surface area contributed by atoms with Gasteiger partial charge in [-0.15, -0.1) is 0 Å². The average Bonchev–Trinajstić information content (AvgIpc) is 3.22. The zero-order valence-corrected chi connectivity index (χ0v) is 13.8. The minimum atomic E-state index is -0.338. The summed E-state index contributed by atoms with van der Waals surface area (Å²) < 4.78 is 1.96. The molecule has 4 nitrogen and oxygen atoms in total. The van der Waals surface area contributed by atoms with Gasteiger partial charge in [0.25, 0.3) is 5.91 Å². The number of para-hydroxylation sites is 1. The third kappa shape index (κ3) is 2.39. The number of amides is 1. The first-order valence-corrected chi connectivity index (χ1v) is 8.33. The number of benzene rings is 2. The number of nitrogens with one attached hydrogen (secondary N) is 2. The van der Waals surface area contributed by atoms with Crippen molar-refractivity contribution in [3.05, 3.63) is 71.9 Å². The van der Waals surface area contributed by atoms with Gasteiger partial charge in [-0.2, -0.15) is 0 Å². The van der Waals surface area contributed by atoms with Crippen molar-refractivity contribution in [1.29, 1.82) is 0 Å². The van der Waals surface area contributed by atoms with Crippen molar-refractivity contribution in [1.82, 2.24) is 15.2 Å². The molecule has 0 saturated carbocycles. The van der Waals surface area contributed by atoms with Gasteiger partial charge < -0.3 is 15.2 Å². The number of carbonyl (C=O) groups excluding carboxylic acids is 1. The number of hydrogen-bond acceptors (Lipinski definition) is 2. The van der Waals surface area contributed by atoms with Gasteiger partial charge >= 0.3 is 0 Å². The molecule has 1 fully saturated rings. The highest BCUT2D eigenvalue weighted by Gasteiger charge is 2.37. The Morgan fingerprint density at radius 3 is 2.58 bits per heavy atom. The molecular formula is C20H21N3O. The molecule has 1 atom stereocenters. The number of aromatic nitrogens is 1. The number of aryl methyl sites for hydroxylation is 1. The summed E-state index contributed by atoms with van der Waals surface area (Å²) in [5.41, 5.74) is 2.58. The van der Waals surface area contributed by atoms with Crippen molar-refractivity contribution in [3.63, 3.8) is 0 Å². The lowest BCUT2D eigenvalue weighted by atomic mass is 9.89. The van der Waals surface area contributed by atoms with Gasteiger partial charge in [0.2, 0.25) is 0 Å². The highest BCUT2D eigenvalue weighted by atomic mass is 16.2. The molecule has 1 unspecified atom stereocenters. The molecule has 2 heterocycles. The summed E-state index contributed by atoms with van der Waals surface area (Å²) in [5, 5.41) is 7.78. The van der Waals surface area contributed by atoms with Crippen LogP contribution in [0, 0.1) is 0 Å². The lowest BCUT2D eigenvalue weighted by molar-refractivity contribution is 0.0896. The zero-order valence-electron chi connectivity index (χ0n) is 13.8. The maximum absolute atomic E-state index is 13.0. The normalized spacial score (nSPS) is 20.4. The Bertz CT molecular complexity index is 876. The Balaban J connectivity index is 1.70. The fourth-order valence-electron chi connectivity index (χ4n) is 3.66. The van der Waals surface area contributed by atoms with Crippen LogP contribution in [0.1, 0.15) is 22.5 Å². The van der Waals surface area contributed by atoms with Crippen molar-refractivity contribution < 1.29 is 4.79 Å². The zero-order chi connectivity index (χ0) is 16.6. The standard InChI is InChI=1S/C20H21N3O/c1-23-17-10-6-5-7-15(17)13-18(23)19(24)22-20(11-12-21-14-20)16-8-3-2-4-9-16/h2-10,13,21H,11-12,14H2,1H3,(H,22,24). The molecule has 1 amide bonds. The second-order valence-electron chi connectivity index (χ2n) is 6.48. The molecule has 0 radical (unpaired) electrons. The van der Waals surface area contributed by atoms with E-state index in [1.165, 1.54) is 0 Å². The van der Waals surface area contributed by atoms with Crippen molar-refractivity contribution in [2.45, 2.75) is 12.0 Å². The molecule has 122 valence electrons. The smallest absolute Gasteiger partial charge is 0.268 e. The van der Waals surface area contributed by atoms with E-state index in [0.29, 0.717) is 5.69 Å². The van der Waals surface area contributed by atoms with Crippen molar-refractivity contribution >= 4 is 16.8 Å². The molecule has 0 aliphatic carbocycles. The molecule has 0 bridgehead atoms. The van der Waals surface area contributed by atoms with E-state index < -0.39 is 0 Å². The Kier molecular flexibility index (Phi) is 3.62. The molecule has 1 aliphatic heterocycles. The molecule has 0 spiro atoms. The molecular weight excluding hydrogens is 298 g/mol. The van der Waals surface area contributed by atoms with E-state index in [1.807, 2.05) is 60.1 Å². The first-order valence-electron chi connectivity index (χ1n) is 8.33. The Morgan fingerprint density at radius 2 is 1.88 bits per heavy atom. The Hall–Kier alpha value is -2.59. The van der Waals surface area contributed by atoms with E-state index in [4.69, 9.17) is 0 Å². The Morgan fingerprint density at radius 1 is 1.12 bits per heavy atom. The fourth-order valence-corrected chi connectivity index (χ4v) is 3.66. The van der Waals surface area contributed by atoms with E-state index in [0.717, 1.165) is 36.0 Å². The molecule has 3 aromatic rings. The first-order chi connectivity index (χ1) is 11.7. The van der Waals surface area contributed by atoms with Crippen molar-refractivity contribution in [2.24, 2.45) is 7.05 Å². The van der Waals surface area contributed by atoms with Gasteiger partial charge in [0.15, 0.2) is 0 Å². The van der Waals surface area contributed by atoms with E-state index in [-0.39, 0.29) is 11.4 Å². The highest BCUT2D eigenvalue weighted by Crippen LogP contribution is 2.29. The van der Waals surface area contributed by atoms with Gasteiger partial charge in [0, 0.05) is 24.5 Å². The van der Waals surface area contributed by atoms with Crippen LogP contribution in [0.4, 0.5) is 0 Å². The predicted octanol–water partition coefficient (Wildman–Crippen LogP) is 2.80. The summed E-state index contributed by atoms with van der Waals surface area (Å²) in [6, 6.07) is 20.3. The van der Waals surface area contributed by atoms with Crippen LogP contribution in [-0.4, -0.2) is 23.6 Å².